The van der Waals surface area contributed by atoms with Gasteiger partial charge < -0.3 is 4.57 Å². The second kappa shape index (κ2) is 7.74. The number of nitrogens with one attached hydrogen (secondary N) is 1. The fourth-order valence-electron chi connectivity index (χ4n) is 3.45. The molecule has 2 aromatic heterocycles. The average Bonchev–Trinajstić information content (AvgIpc) is 3.43. The first-order chi connectivity index (χ1) is 13.9. The van der Waals surface area contributed by atoms with Crippen LogP contribution in [0.25, 0.3) is 10.4 Å². The third kappa shape index (κ3) is 3.85. The van der Waals surface area contributed by atoms with E-state index in [9.17, 15) is 13.2 Å². The maximum absolute atomic E-state index is 12.8. The van der Waals surface area contributed by atoms with Crippen LogP contribution in [0.2, 0.25) is 0 Å². The van der Waals surface area contributed by atoms with Crippen LogP contribution in [0.15, 0.2) is 47.5 Å². The van der Waals surface area contributed by atoms with Gasteiger partial charge in [0.1, 0.15) is 10.6 Å². The number of hydrogen-bond donors (Lipinski definition) is 1. The van der Waals surface area contributed by atoms with Crippen molar-refractivity contribution < 1.29 is 13.2 Å². The molecule has 1 aliphatic rings. The van der Waals surface area contributed by atoms with Gasteiger partial charge >= 0.3 is 0 Å². The van der Waals surface area contributed by atoms with Crippen LogP contribution >= 0.6 is 11.3 Å². The lowest BCUT2D eigenvalue weighted by atomic mass is 10.2. The SMILES string of the molecule is Cc1nc(NC(=O)c2cc(S(=O)(=O)N3CCCC3)cn2C)sc1-c1ccccc1. The first kappa shape index (κ1) is 19.8. The largest absolute Gasteiger partial charge is 0.345 e. The molecule has 29 heavy (non-hydrogen) atoms. The number of anilines is 1. The molecule has 0 spiro atoms. The van der Waals surface area contributed by atoms with Crippen molar-refractivity contribution >= 4 is 32.4 Å². The monoisotopic (exact) mass is 430 g/mol. The molecule has 1 fully saturated rings. The summed E-state index contributed by atoms with van der Waals surface area (Å²) < 4.78 is 28.5. The number of amides is 1. The van der Waals surface area contributed by atoms with Crippen LogP contribution in [-0.2, 0) is 17.1 Å². The Hall–Kier alpha value is -2.49. The van der Waals surface area contributed by atoms with E-state index in [2.05, 4.69) is 10.3 Å². The first-order valence-electron chi connectivity index (χ1n) is 9.37. The zero-order chi connectivity index (χ0) is 20.6. The molecule has 9 heteroatoms. The average molecular weight is 431 g/mol. The second-order valence-corrected chi connectivity index (χ2v) is 9.97. The summed E-state index contributed by atoms with van der Waals surface area (Å²) >= 11 is 1.40. The molecule has 3 aromatic rings. The summed E-state index contributed by atoms with van der Waals surface area (Å²) in [4.78, 5) is 18.4. The molecule has 1 aliphatic heterocycles. The lowest BCUT2D eigenvalue weighted by Gasteiger charge is -2.13. The van der Waals surface area contributed by atoms with Crippen molar-refractivity contribution in [2.45, 2.75) is 24.7 Å². The minimum Gasteiger partial charge on any atom is -0.345 e. The van der Waals surface area contributed by atoms with E-state index in [-0.39, 0.29) is 16.5 Å². The Morgan fingerprint density at radius 1 is 1.17 bits per heavy atom. The van der Waals surface area contributed by atoms with Crippen LogP contribution in [0.5, 0.6) is 0 Å². The van der Waals surface area contributed by atoms with Crippen molar-refractivity contribution in [3.63, 3.8) is 0 Å². The summed E-state index contributed by atoms with van der Waals surface area (Å²) in [7, 11) is -1.90. The second-order valence-electron chi connectivity index (χ2n) is 7.04. The zero-order valence-electron chi connectivity index (χ0n) is 16.3. The summed E-state index contributed by atoms with van der Waals surface area (Å²) in [5.74, 6) is -0.385. The van der Waals surface area contributed by atoms with E-state index in [0.29, 0.717) is 18.2 Å². The fourth-order valence-corrected chi connectivity index (χ4v) is 6.00. The Kier molecular flexibility index (Phi) is 5.28. The van der Waals surface area contributed by atoms with Gasteiger partial charge in [-0.15, -0.1) is 0 Å². The van der Waals surface area contributed by atoms with Crippen molar-refractivity contribution in [2.24, 2.45) is 7.05 Å². The molecule has 1 saturated heterocycles. The predicted molar refractivity (Wildman–Crippen MR) is 114 cm³/mol. The molecular formula is C20H22N4O3S2. The van der Waals surface area contributed by atoms with Crippen LogP contribution in [0, 0.1) is 6.92 Å². The van der Waals surface area contributed by atoms with Gasteiger partial charge in [0, 0.05) is 26.3 Å². The van der Waals surface area contributed by atoms with Gasteiger partial charge in [0.2, 0.25) is 10.0 Å². The van der Waals surface area contributed by atoms with Gasteiger partial charge in [0.05, 0.1) is 10.6 Å². The fraction of sp³-hybridized carbons (Fsp3) is 0.300. The standard InChI is InChI=1S/C20H22N4O3S2/c1-14-18(15-8-4-3-5-9-15)28-20(21-14)22-19(25)17-12-16(13-23(17)2)29(26,27)24-10-6-7-11-24/h3-5,8-9,12-13H,6-7,10-11H2,1-2H3,(H,21,22,25). The molecule has 0 bridgehead atoms. The molecule has 0 saturated carbocycles. The van der Waals surface area contributed by atoms with Gasteiger partial charge in [-0.25, -0.2) is 13.4 Å². The lowest BCUT2D eigenvalue weighted by Crippen LogP contribution is -2.27. The smallest absolute Gasteiger partial charge is 0.274 e. The van der Waals surface area contributed by atoms with Crippen LogP contribution < -0.4 is 5.32 Å². The first-order valence-corrected chi connectivity index (χ1v) is 11.6. The van der Waals surface area contributed by atoms with E-state index in [1.165, 1.54) is 32.5 Å². The third-order valence-electron chi connectivity index (χ3n) is 4.97. The van der Waals surface area contributed by atoms with E-state index in [0.717, 1.165) is 29.0 Å². The van der Waals surface area contributed by atoms with E-state index in [1.54, 1.807) is 7.05 Å². The summed E-state index contributed by atoms with van der Waals surface area (Å²) in [6, 6.07) is 11.3. The molecule has 1 aromatic carbocycles. The minimum atomic E-state index is -3.57. The Bertz CT molecular complexity index is 1140. The molecule has 4 rings (SSSR count). The van der Waals surface area contributed by atoms with Gasteiger partial charge in [-0.2, -0.15) is 4.31 Å². The minimum absolute atomic E-state index is 0.146. The molecule has 0 unspecified atom stereocenters. The van der Waals surface area contributed by atoms with E-state index >= 15 is 0 Å². The predicted octanol–water partition coefficient (Wildman–Crippen LogP) is 3.49. The Morgan fingerprint density at radius 3 is 2.55 bits per heavy atom. The summed E-state index contributed by atoms with van der Waals surface area (Å²) in [6.45, 7) is 2.95. The number of thiazole rings is 1. The quantitative estimate of drug-likeness (QED) is 0.671. The molecule has 3 heterocycles. The van der Waals surface area contributed by atoms with Crippen molar-refractivity contribution in [3.8, 4) is 10.4 Å². The van der Waals surface area contributed by atoms with Gasteiger partial charge in [0.15, 0.2) is 5.13 Å². The topological polar surface area (TPSA) is 84.3 Å². The van der Waals surface area contributed by atoms with Crippen LogP contribution in [-0.4, -0.2) is 41.3 Å². The molecule has 0 radical (unpaired) electrons. The van der Waals surface area contributed by atoms with Gasteiger partial charge in [-0.05, 0) is 31.4 Å². The summed E-state index contributed by atoms with van der Waals surface area (Å²) in [6.07, 6.45) is 3.23. The number of carbonyl (C=O) groups is 1. The Labute approximate surface area is 174 Å². The molecule has 0 aliphatic carbocycles. The van der Waals surface area contributed by atoms with E-state index in [4.69, 9.17) is 0 Å². The molecule has 152 valence electrons. The van der Waals surface area contributed by atoms with Gasteiger partial charge in [-0.3, -0.25) is 10.1 Å². The highest BCUT2D eigenvalue weighted by atomic mass is 32.2. The number of nitrogens with zero attached hydrogens (tertiary/aromatic N) is 3. The van der Waals surface area contributed by atoms with Gasteiger partial charge in [0.25, 0.3) is 5.91 Å². The van der Waals surface area contributed by atoms with Crippen LogP contribution in [0.1, 0.15) is 29.0 Å². The number of benzene rings is 1. The maximum atomic E-state index is 12.8. The highest BCUT2D eigenvalue weighted by molar-refractivity contribution is 7.89. The molecule has 7 nitrogen and oxygen atoms in total. The van der Waals surface area contributed by atoms with E-state index in [1.807, 2.05) is 37.3 Å². The number of aromatic nitrogens is 2. The Balaban J connectivity index is 1.56. The van der Waals surface area contributed by atoms with Crippen LogP contribution in [0.3, 0.4) is 0 Å². The summed E-state index contributed by atoms with van der Waals surface area (Å²) in [5, 5.41) is 3.29. The van der Waals surface area contributed by atoms with E-state index < -0.39 is 10.0 Å². The van der Waals surface area contributed by atoms with Crippen molar-refractivity contribution in [1.29, 1.82) is 0 Å². The Morgan fingerprint density at radius 2 is 1.86 bits per heavy atom. The number of rotatable bonds is 5. The molecular weight excluding hydrogens is 408 g/mol. The summed E-state index contributed by atoms with van der Waals surface area (Å²) in [5.41, 5.74) is 2.15. The number of sulfonamides is 1. The zero-order valence-corrected chi connectivity index (χ0v) is 17.9. The molecule has 0 atom stereocenters. The van der Waals surface area contributed by atoms with Crippen molar-refractivity contribution in [1.82, 2.24) is 13.9 Å². The highest BCUT2D eigenvalue weighted by Gasteiger charge is 2.29. The number of aryl methyl sites for hydroxylation is 2. The molecule has 1 amide bonds. The lowest BCUT2D eigenvalue weighted by molar-refractivity contribution is 0.101. The van der Waals surface area contributed by atoms with Crippen LogP contribution in [0.4, 0.5) is 5.13 Å². The normalized spacial score (nSPS) is 15.0. The third-order valence-corrected chi connectivity index (χ3v) is 7.95. The van der Waals surface area contributed by atoms with Crippen molar-refractivity contribution in [2.75, 3.05) is 18.4 Å². The van der Waals surface area contributed by atoms with Crippen molar-refractivity contribution in [3.05, 3.63) is 54.0 Å². The molecule has 1 N–H and O–H groups in total. The number of hydrogen-bond acceptors (Lipinski definition) is 5. The maximum Gasteiger partial charge on any atom is 0.274 e. The number of carbonyl (C=O) groups excluding carboxylic acids is 1. The van der Waals surface area contributed by atoms with Gasteiger partial charge in [-0.1, -0.05) is 41.7 Å². The highest BCUT2D eigenvalue weighted by Crippen LogP contribution is 2.33.